The first-order chi connectivity index (χ1) is 10.3. The van der Waals surface area contributed by atoms with Gasteiger partial charge < -0.3 is 10.0 Å². The van der Waals surface area contributed by atoms with E-state index in [1.807, 2.05) is 24.3 Å². The summed E-state index contributed by atoms with van der Waals surface area (Å²) in [6, 6.07) is 18.6. The molecule has 0 atom stereocenters. The maximum absolute atomic E-state index is 8.83. The molecular formula is C19H21NO. The number of nitrogens with zero attached hydrogens (tertiary/aromatic N) is 1. The molecule has 0 saturated heterocycles. The highest BCUT2D eigenvalue weighted by atomic mass is 16.2. The van der Waals surface area contributed by atoms with Gasteiger partial charge in [-0.1, -0.05) is 60.4 Å². The van der Waals surface area contributed by atoms with Gasteiger partial charge in [-0.15, -0.1) is 0 Å². The third-order valence-electron chi connectivity index (χ3n) is 3.38. The van der Waals surface area contributed by atoms with E-state index in [0.29, 0.717) is 0 Å². The van der Waals surface area contributed by atoms with Crippen LogP contribution in [-0.2, 0) is 13.0 Å². The minimum atomic E-state index is -0.0990. The van der Waals surface area contributed by atoms with Crippen molar-refractivity contribution in [1.82, 2.24) is 4.90 Å². The van der Waals surface area contributed by atoms with Crippen molar-refractivity contribution in [3.63, 3.8) is 0 Å². The maximum Gasteiger partial charge on any atom is 0.104 e. The first-order valence-electron chi connectivity index (χ1n) is 7.19. The maximum atomic E-state index is 8.83. The molecule has 0 spiro atoms. The van der Waals surface area contributed by atoms with Crippen LogP contribution in [-0.4, -0.2) is 30.2 Å². The largest absolute Gasteiger partial charge is 0.384 e. The van der Waals surface area contributed by atoms with Crippen molar-refractivity contribution in [3.05, 3.63) is 71.3 Å². The second-order valence-corrected chi connectivity index (χ2v) is 5.09. The molecule has 0 aliphatic heterocycles. The van der Waals surface area contributed by atoms with Gasteiger partial charge in [0.25, 0.3) is 0 Å². The van der Waals surface area contributed by atoms with E-state index in [1.165, 1.54) is 11.1 Å². The number of likely N-dealkylation sites (N-methyl/N-ethyl adjacent to an activating group) is 1. The van der Waals surface area contributed by atoms with Crippen molar-refractivity contribution in [3.8, 4) is 11.8 Å². The number of hydrogen-bond donors (Lipinski definition) is 1. The SMILES string of the molecule is CN(CCc1ccccc1)Cc1ccccc1C#CCO. The highest BCUT2D eigenvalue weighted by Gasteiger charge is 2.04. The molecule has 0 aromatic heterocycles. The molecular weight excluding hydrogens is 258 g/mol. The second kappa shape index (κ2) is 8.26. The molecule has 2 heteroatoms. The minimum absolute atomic E-state index is 0.0990. The molecule has 0 heterocycles. The Morgan fingerprint density at radius 2 is 1.71 bits per heavy atom. The summed E-state index contributed by atoms with van der Waals surface area (Å²) in [4.78, 5) is 2.30. The van der Waals surface area contributed by atoms with Crippen LogP contribution in [0, 0.1) is 11.8 Å². The van der Waals surface area contributed by atoms with E-state index < -0.39 is 0 Å². The van der Waals surface area contributed by atoms with Gasteiger partial charge in [0.15, 0.2) is 0 Å². The Morgan fingerprint density at radius 3 is 2.48 bits per heavy atom. The Kier molecular flexibility index (Phi) is 6.02. The number of aliphatic hydroxyl groups excluding tert-OH is 1. The van der Waals surface area contributed by atoms with Crippen LogP contribution in [0.4, 0.5) is 0 Å². The molecule has 2 nitrogen and oxygen atoms in total. The summed E-state index contributed by atoms with van der Waals surface area (Å²) in [5.74, 6) is 5.74. The monoisotopic (exact) mass is 279 g/mol. The van der Waals surface area contributed by atoms with Gasteiger partial charge >= 0.3 is 0 Å². The van der Waals surface area contributed by atoms with E-state index >= 15 is 0 Å². The van der Waals surface area contributed by atoms with Crippen molar-refractivity contribution in [2.45, 2.75) is 13.0 Å². The zero-order valence-electron chi connectivity index (χ0n) is 12.4. The van der Waals surface area contributed by atoms with Crippen molar-refractivity contribution in [2.24, 2.45) is 0 Å². The van der Waals surface area contributed by atoms with E-state index in [2.05, 4.69) is 54.1 Å². The zero-order chi connectivity index (χ0) is 14.9. The smallest absolute Gasteiger partial charge is 0.104 e. The van der Waals surface area contributed by atoms with Crippen LogP contribution < -0.4 is 0 Å². The number of hydrogen-bond acceptors (Lipinski definition) is 2. The summed E-state index contributed by atoms with van der Waals surface area (Å²) in [5, 5.41) is 8.83. The molecule has 0 saturated carbocycles. The number of aliphatic hydroxyl groups is 1. The van der Waals surface area contributed by atoms with Gasteiger partial charge in [-0.2, -0.15) is 0 Å². The topological polar surface area (TPSA) is 23.5 Å². The van der Waals surface area contributed by atoms with Crippen molar-refractivity contribution in [2.75, 3.05) is 20.2 Å². The van der Waals surface area contributed by atoms with Crippen molar-refractivity contribution < 1.29 is 5.11 Å². The molecule has 0 fully saturated rings. The van der Waals surface area contributed by atoms with E-state index in [4.69, 9.17) is 5.11 Å². The zero-order valence-corrected chi connectivity index (χ0v) is 12.4. The van der Waals surface area contributed by atoms with Crippen molar-refractivity contribution >= 4 is 0 Å². The lowest BCUT2D eigenvalue weighted by molar-refractivity contribution is 0.331. The summed E-state index contributed by atoms with van der Waals surface area (Å²) < 4.78 is 0. The fraction of sp³-hybridized carbons (Fsp3) is 0.263. The van der Waals surface area contributed by atoms with Gasteiger partial charge in [0.05, 0.1) is 0 Å². The van der Waals surface area contributed by atoms with E-state index in [0.717, 1.165) is 25.1 Å². The van der Waals surface area contributed by atoms with Gasteiger partial charge in [0.2, 0.25) is 0 Å². The van der Waals surface area contributed by atoms with Gasteiger partial charge in [-0.3, -0.25) is 0 Å². The van der Waals surface area contributed by atoms with E-state index in [-0.39, 0.29) is 6.61 Å². The molecule has 0 unspecified atom stereocenters. The first kappa shape index (κ1) is 15.3. The Morgan fingerprint density at radius 1 is 1.00 bits per heavy atom. The lowest BCUT2D eigenvalue weighted by Crippen LogP contribution is -2.21. The van der Waals surface area contributed by atoms with Gasteiger partial charge in [-0.05, 0) is 30.7 Å². The molecule has 0 bridgehead atoms. The van der Waals surface area contributed by atoms with Crippen LogP contribution in [0.3, 0.4) is 0 Å². The van der Waals surface area contributed by atoms with Crippen LogP contribution in [0.2, 0.25) is 0 Å². The lowest BCUT2D eigenvalue weighted by atomic mass is 10.1. The van der Waals surface area contributed by atoms with Crippen LogP contribution >= 0.6 is 0 Å². The molecule has 2 aromatic carbocycles. The number of benzene rings is 2. The quantitative estimate of drug-likeness (QED) is 0.851. The summed E-state index contributed by atoms with van der Waals surface area (Å²) in [6.45, 7) is 1.77. The first-order valence-corrected chi connectivity index (χ1v) is 7.19. The van der Waals surface area contributed by atoms with E-state index in [9.17, 15) is 0 Å². The predicted octanol–water partition coefficient (Wildman–Crippen LogP) is 2.70. The summed E-state index contributed by atoms with van der Waals surface area (Å²) in [5.41, 5.74) is 3.56. The van der Waals surface area contributed by atoms with E-state index in [1.54, 1.807) is 0 Å². The summed E-state index contributed by atoms with van der Waals surface area (Å²) in [7, 11) is 2.12. The molecule has 0 aliphatic rings. The lowest BCUT2D eigenvalue weighted by Gasteiger charge is -2.17. The Balaban J connectivity index is 1.95. The molecule has 0 radical (unpaired) electrons. The minimum Gasteiger partial charge on any atom is -0.384 e. The Hall–Kier alpha value is -2.08. The van der Waals surface area contributed by atoms with Gasteiger partial charge in [0.1, 0.15) is 6.61 Å². The average molecular weight is 279 g/mol. The fourth-order valence-corrected chi connectivity index (χ4v) is 2.25. The molecule has 2 rings (SSSR count). The summed E-state index contributed by atoms with van der Waals surface area (Å²) >= 11 is 0. The Labute approximate surface area is 127 Å². The average Bonchev–Trinajstić information content (AvgIpc) is 2.53. The highest BCUT2D eigenvalue weighted by molar-refractivity contribution is 5.41. The van der Waals surface area contributed by atoms with Crippen LogP contribution in [0.15, 0.2) is 54.6 Å². The fourth-order valence-electron chi connectivity index (χ4n) is 2.25. The molecule has 0 amide bonds. The standard InChI is InChI=1S/C19H21NO/c1-20(14-13-17-8-3-2-4-9-17)16-19-11-6-5-10-18(19)12-7-15-21/h2-6,8-11,21H,13-16H2,1H3. The molecule has 21 heavy (non-hydrogen) atoms. The third kappa shape index (κ3) is 5.07. The van der Waals surface area contributed by atoms with Crippen LogP contribution in [0.5, 0.6) is 0 Å². The molecule has 2 aromatic rings. The number of rotatable bonds is 5. The molecule has 108 valence electrons. The molecule has 1 N–H and O–H groups in total. The second-order valence-electron chi connectivity index (χ2n) is 5.09. The van der Waals surface area contributed by atoms with Gasteiger partial charge in [0, 0.05) is 18.7 Å². The highest BCUT2D eigenvalue weighted by Crippen LogP contribution is 2.10. The molecule has 0 aliphatic carbocycles. The Bertz CT molecular complexity index is 610. The third-order valence-corrected chi connectivity index (χ3v) is 3.38. The normalized spacial score (nSPS) is 10.2. The van der Waals surface area contributed by atoms with Crippen LogP contribution in [0.25, 0.3) is 0 Å². The van der Waals surface area contributed by atoms with Crippen molar-refractivity contribution in [1.29, 1.82) is 0 Å². The van der Waals surface area contributed by atoms with Crippen LogP contribution in [0.1, 0.15) is 16.7 Å². The predicted molar refractivity (Wildman–Crippen MR) is 86.9 cm³/mol. The summed E-state index contributed by atoms with van der Waals surface area (Å²) in [6.07, 6.45) is 1.04. The van der Waals surface area contributed by atoms with Gasteiger partial charge in [-0.25, -0.2) is 0 Å².